The van der Waals surface area contributed by atoms with Crippen LogP contribution in [0.1, 0.15) is 35.7 Å². The van der Waals surface area contributed by atoms with E-state index < -0.39 is 0 Å². The van der Waals surface area contributed by atoms with Crippen molar-refractivity contribution >= 4 is 17.5 Å². The van der Waals surface area contributed by atoms with Crippen LogP contribution >= 0.6 is 0 Å². The average Bonchev–Trinajstić information content (AvgIpc) is 2.68. The van der Waals surface area contributed by atoms with Gasteiger partial charge in [-0.3, -0.25) is 9.59 Å². The number of hydrogen-bond acceptors (Lipinski definition) is 4. The van der Waals surface area contributed by atoms with Crippen molar-refractivity contribution in [3.05, 3.63) is 59.7 Å². The Bertz CT molecular complexity index is 786. The highest BCUT2D eigenvalue weighted by atomic mass is 16.5. The highest BCUT2D eigenvalue weighted by Gasteiger charge is 2.18. The maximum Gasteiger partial charge on any atom is 0.251 e. The zero-order valence-electron chi connectivity index (χ0n) is 15.4. The van der Waals surface area contributed by atoms with E-state index in [9.17, 15) is 9.59 Å². The van der Waals surface area contributed by atoms with Crippen LogP contribution in [0.3, 0.4) is 0 Å². The van der Waals surface area contributed by atoms with Crippen LogP contribution in [0.15, 0.2) is 48.5 Å². The normalized spacial score (nSPS) is 14.4. The van der Waals surface area contributed by atoms with Gasteiger partial charge in [-0.2, -0.15) is 0 Å². The largest absolute Gasteiger partial charge is 0.487 e. The number of hydrogen-bond donors (Lipinski definition) is 2. The number of carbonyl (C=O) groups is 2. The Balaban J connectivity index is 1.74. The summed E-state index contributed by atoms with van der Waals surface area (Å²) in [4.78, 5) is 24.0. The van der Waals surface area contributed by atoms with Crippen LogP contribution in [-0.4, -0.2) is 31.1 Å². The molecule has 1 heterocycles. The predicted octanol–water partition coefficient (Wildman–Crippen LogP) is 3.13. The van der Waals surface area contributed by atoms with Crippen molar-refractivity contribution in [2.75, 3.05) is 18.5 Å². The predicted molar refractivity (Wildman–Crippen MR) is 103 cm³/mol. The van der Waals surface area contributed by atoms with Crippen molar-refractivity contribution in [1.82, 2.24) is 5.32 Å². The Hall–Kier alpha value is -2.86. The van der Waals surface area contributed by atoms with Gasteiger partial charge in [-0.1, -0.05) is 30.3 Å². The number of benzene rings is 2. The first-order valence-corrected chi connectivity index (χ1v) is 9.09. The van der Waals surface area contributed by atoms with Gasteiger partial charge in [0, 0.05) is 31.7 Å². The van der Waals surface area contributed by atoms with Gasteiger partial charge in [0.15, 0.2) is 0 Å². The fourth-order valence-electron chi connectivity index (χ4n) is 2.92. The summed E-state index contributed by atoms with van der Waals surface area (Å²) in [6.45, 7) is 3.11. The first-order valence-electron chi connectivity index (χ1n) is 9.09. The van der Waals surface area contributed by atoms with E-state index in [4.69, 9.17) is 9.47 Å². The van der Waals surface area contributed by atoms with Crippen LogP contribution in [0.25, 0.3) is 0 Å². The lowest BCUT2D eigenvalue weighted by Crippen LogP contribution is -2.38. The second-order valence-corrected chi connectivity index (χ2v) is 6.53. The fourth-order valence-corrected chi connectivity index (χ4v) is 2.92. The van der Waals surface area contributed by atoms with Crippen molar-refractivity contribution < 1.29 is 19.1 Å². The molecule has 0 radical (unpaired) electrons. The van der Waals surface area contributed by atoms with E-state index in [1.54, 1.807) is 18.2 Å². The third-order valence-corrected chi connectivity index (χ3v) is 4.35. The second kappa shape index (κ2) is 9.19. The maximum atomic E-state index is 12.6. The van der Waals surface area contributed by atoms with E-state index in [2.05, 4.69) is 10.6 Å². The van der Waals surface area contributed by atoms with E-state index in [0.717, 1.165) is 18.4 Å². The van der Waals surface area contributed by atoms with Gasteiger partial charge in [0.2, 0.25) is 5.91 Å². The van der Waals surface area contributed by atoms with E-state index in [1.807, 2.05) is 30.3 Å². The molecule has 0 aromatic heterocycles. The molecule has 1 aliphatic heterocycles. The van der Waals surface area contributed by atoms with Crippen molar-refractivity contribution in [2.45, 2.75) is 32.4 Å². The summed E-state index contributed by atoms with van der Waals surface area (Å²) in [6, 6.07) is 14.9. The molecular formula is C21H24N2O4. The summed E-state index contributed by atoms with van der Waals surface area (Å²) < 4.78 is 11.2. The molecule has 0 aliphatic carbocycles. The first-order chi connectivity index (χ1) is 13.1. The highest BCUT2D eigenvalue weighted by molar-refractivity contribution is 5.97. The lowest BCUT2D eigenvalue weighted by atomic mass is 10.1. The van der Waals surface area contributed by atoms with Crippen LogP contribution in [-0.2, 0) is 16.1 Å². The minimum Gasteiger partial charge on any atom is -0.487 e. The van der Waals surface area contributed by atoms with E-state index in [0.29, 0.717) is 36.8 Å². The van der Waals surface area contributed by atoms with Crippen molar-refractivity contribution in [3.8, 4) is 5.75 Å². The standard InChI is InChI=1S/C21H24N2O4/c1-15(24)22-19-8-7-17(21(25)23-18-9-11-26-12-10-18)13-20(19)27-14-16-5-3-2-4-6-16/h2-8,13,18H,9-12,14H2,1H3,(H,22,24)(H,23,25). The number of carbonyl (C=O) groups excluding carboxylic acids is 2. The molecule has 0 spiro atoms. The molecule has 1 aliphatic rings. The molecule has 0 unspecified atom stereocenters. The Kier molecular flexibility index (Phi) is 6.44. The molecule has 142 valence electrons. The molecule has 2 N–H and O–H groups in total. The summed E-state index contributed by atoms with van der Waals surface area (Å²) in [6.07, 6.45) is 1.63. The molecule has 27 heavy (non-hydrogen) atoms. The Morgan fingerprint density at radius 2 is 1.85 bits per heavy atom. The topological polar surface area (TPSA) is 76.7 Å². The smallest absolute Gasteiger partial charge is 0.251 e. The number of ether oxygens (including phenoxy) is 2. The third-order valence-electron chi connectivity index (χ3n) is 4.35. The quantitative estimate of drug-likeness (QED) is 0.821. The van der Waals surface area contributed by atoms with Crippen LogP contribution in [0.5, 0.6) is 5.75 Å². The van der Waals surface area contributed by atoms with Crippen molar-refractivity contribution in [3.63, 3.8) is 0 Å². The zero-order valence-corrected chi connectivity index (χ0v) is 15.4. The molecule has 2 amide bonds. The van der Waals surface area contributed by atoms with E-state index in [-0.39, 0.29) is 17.9 Å². The summed E-state index contributed by atoms with van der Waals surface area (Å²) in [7, 11) is 0. The van der Waals surface area contributed by atoms with E-state index in [1.165, 1.54) is 6.92 Å². The molecule has 1 fully saturated rings. The molecule has 0 saturated carbocycles. The van der Waals surface area contributed by atoms with Gasteiger partial charge in [0.25, 0.3) is 5.91 Å². The zero-order chi connectivity index (χ0) is 19.1. The van der Waals surface area contributed by atoms with Crippen LogP contribution in [0.4, 0.5) is 5.69 Å². The van der Waals surface area contributed by atoms with Gasteiger partial charge in [0.1, 0.15) is 12.4 Å². The van der Waals surface area contributed by atoms with Crippen LogP contribution in [0, 0.1) is 0 Å². The fraction of sp³-hybridized carbons (Fsp3) is 0.333. The average molecular weight is 368 g/mol. The monoisotopic (exact) mass is 368 g/mol. The maximum absolute atomic E-state index is 12.6. The lowest BCUT2D eigenvalue weighted by molar-refractivity contribution is -0.114. The first kappa shape index (κ1) is 18.9. The minimum absolute atomic E-state index is 0.120. The lowest BCUT2D eigenvalue weighted by Gasteiger charge is -2.23. The molecular weight excluding hydrogens is 344 g/mol. The van der Waals surface area contributed by atoms with Crippen molar-refractivity contribution in [1.29, 1.82) is 0 Å². The molecule has 2 aromatic carbocycles. The summed E-state index contributed by atoms with van der Waals surface area (Å²) >= 11 is 0. The summed E-state index contributed by atoms with van der Waals surface area (Å²) in [5.74, 6) is 0.119. The number of amides is 2. The Morgan fingerprint density at radius 1 is 1.11 bits per heavy atom. The van der Waals surface area contributed by atoms with Gasteiger partial charge in [-0.25, -0.2) is 0 Å². The Labute approximate surface area is 158 Å². The van der Waals surface area contributed by atoms with E-state index >= 15 is 0 Å². The second-order valence-electron chi connectivity index (χ2n) is 6.53. The van der Waals surface area contributed by atoms with Gasteiger partial charge in [0.05, 0.1) is 5.69 Å². The number of rotatable bonds is 6. The molecule has 2 aromatic rings. The number of nitrogens with one attached hydrogen (secondary N) is 2. The molecule has 0 bridgehead atoms. The van der Waals surface area contributed by atoms with Gasteiger partial charge in [-0.15, -0.1) is 0 Å². The van der Waals surface area contributed by atoms with Gasteiger partial charge >= 0.3 is 0 Å². The summed E-state index contributed by atoms with van der Waals surface area (Å²) in [5.41, 5.74) is 2.04. The molecule has 3 rings (SSSR count). The molecule has 6 nitrogen and oxygen atoms in total. The van der Waals surface area contributed by atoms with Crippen LogP contribution < -0.4 is 15.4 Å². The number of anilines is 1. The Morgan fingerprint density at radius 3 is 2.56 bits per heavy atom. The van der Waals surface area contributed by atoms with Gasteiger partial charge in [-0.05, 0) is 36.6 Å². The van der Waals surface area contributed by atoms with Crippen molar-refractivity contribution in [2.24, 2.45) is 0 Å². The van der Waals surface area contributed by atoms with Gasteiger partial charge < -0.3 is 20.1 Å². The summed E-state index contributed by atoms with van der Waals surface area (Å²) in [5, 5.41) is 5.78. The highest BCUT2D eigenvalue weighted by Crippen LogP contribution is 2.27. The van der Waals surface area contributed by atoms with Crippen LogP contribution in [0.2, 0.25) is 0 Å². The molecule has 6 heteroatoms. The SMILES string of the molecule is CC(=O)Nc1ccc(C(=O)NC2CCOCC2)cc1OCc1ccccc1. The molecule has 1 saturated heterocycles. The minimum atomic E-state index is -0.195. The third kappa shape index (κ3) is 5.56. The molecule has 0 atom stereocenters.